The van der Waals surface area contributed by atoms with Crippen LogP contribution in [0.3, 0.4) is 0 Å². The summed E-state index contributed by atoms with van der Waals surface area (Å²) < 4.78 is 0. The van der Waals surface area contributed by atoms with Gasteiger partial charge in [0.1, 0.15) is 17.0 Å². The standard InChI is InChI=1S/C18H27N5OS/c1-12-7-5-6-9-23(12)16-14-13(2)15(25-18(14)21-11-20-16)17(24)19-8-10-22(3)4/h11-12H,5-10H2,1-4H3,(H,19,24)/p+1. The number of amides is 1. The molecule has 2 aromatic rings. The van der Waals surface area contributed by atoms with E-state index < -0.39 is 0 Å². The number of carbonyl (C=O) groups excluding carboxylic acids is 1. The Kier molecular flexibility index (Phi) is 5.54. The third-order valence-electron chi connectivity index (χ3n) is 4.90. The zero-order valence-corrected chi connectivity index (χ0v) is 16.4. The maximum absolute atomic E-state index is 12.6. The van der Waals surface area contributed by atoms with E-state index in [0.29, 0.717) is 12.6 Å². The van der Waals surface area contributed by atoms with Crippen molar-refractivity contribution in [2.75, 3.05) is 38.6 Å². The number of anilines is 1. The number of fused-ring (bicyclic) bond motifs is 1. The molecule has 6 nitrogen and oxygen atoms in total. The smallest absolute Gasteiger partial charge is 0.261 e. The quantitative estimate of drug-likeness (QED) is 0.840. The first-order chi connectivity index (χ1) is 12.0. The van der Waals surface area contributed by atoms with Crippen molar-refractivity contribution in [1.29, 1.82) is 0 Å². The number of piperidine rings is 1. The molecule has 1 fully saturated rings. The molecule has 0 saturated carbocycles. The summed E-state index contributed by atoms with van der Waals surface area (Å²) in [6.45, 7) is 6.89. The van der Waals surface area contributed by atoms with Crippen molar-refractivity contribution in [3.05, 3.63) is 16.8 Å². The minimum atomic E-state index is -0.000562. The Morgan fingerprint density at radius 1 is 1.40 bits per heavy atom. The Hall–Kier alpha value is -1.73. The van der Waals surface area contributed by atoms with Crippen molar-refractivity contribution >= 4 is 33.3 Å². The molecule has 25 heavy (non-hydrogen) atoms. The number of aryl methyl sites for hydroxylation is 1. The maximum Gasteiger partial charge on any atom is 0.261 e. The first-order valence-corrected chi connectivity index (χ1v) is 9.88. The minimum Gasteiger partial charge on any atom is -0.353 e. The monoisotopic (exact) mass is 362 g/mol. The number of hydrogen-bond acceptors (Lipinski definition) is 5. The molecule has 1 unspecified atom stereocenters. The molecule has 136 valence electrons. The molecule has 3 rings (SSSR count). The maximum atomic E-state index is 12.6. The van der Waals surface area contributed by atoms with Crippen molar-refractivity contribution in [1.82, 2.24) is 15.3 Å². The van der Waals surface area contributed by atoms with Gasteiger partial charge < -0.3 is 15.1 Å². The van der Waals surface area contributed by atoms with Gasteiger partial charge >= 0.3 is 0 Å². The van der Waals surface area contributed by atoms with Crippen LogP contribution in [0.15, 0.2) is 6.33 Å². The molecule has 0 spiro atoms. The second-order valence-electron chi connectivity index (χ2n) is 7.18. The van der Waals surface area contributed by atoms with Gasteiger partial charge in [-0.3, -0.25) is 4.79 Å². The van der Waals surface area contributed by atoms with Crippen LogP contribution in [-0.2, 0) is 0 Å². The Morgan fingerprint density at radius 3 is 2.92 bits per heavy atom. The van der Waals surface area contributed by atoms with Crippen LogP contribution < -0.4 is 15.1 Å². The molecule has 0 aliphatic carbocycles. The summed E-state index contributed by atoms with van der Waals surface area (Å²) >= 11 is 1.47. The zero-order valence-electron chi connectivity index (χ0n) is 15.6. The van der Waals surface area contributed by atoms with E-state index in [1.165, 1.54) is 35.5 Å². The van der Waals surface area contributed by atoms with Crippen LogP contribution in [0.5, 0.6) is 0 Å². The third-order valence-corrected chi connectivity index (χ3v) is 6.10. The van der Waals surface area contributed by atoms with Gasteiger partial charge in [0.05, 0.1) is 37.4 Å². The molecule has 0 bridgehead atoms. The number of hydrogen-bond donors (Lipinski definition) is 2. The van der Waals surface area contributed by atoms with Gasteiger partial charge in [-0.15, -0.1) is 11.3 Å². The van der Waals surface area contributed by atoms with Crippen LogP contribution in [0.4, 0.5) is 5.82 Å². The van der Waals surface area contributed by atoms with Gasteiger partial charge in [-0.05, 0) is 38.7 Å². The minimum absolute atomic E-state index is 0.000562. The van der Waals surface area contributed by atoms with Crippen molar-refractivity contribution < 1.29 is 9.69 Å². The average molecular weight is 363 g/mol. The van der Waals surface area contributed by atoms with Crippen molar-refractivity contribution in [3.63, 3.8) is 0 Å². The lowest BCUT2D eigenvalue weighted by Gasteiger charge is -2.34. The summed E-state index contributed by atoms with van der Waals surface area (Å²) in [5.41, 5.74) is 1.00. The summed E-state index contributed by atoms with van der Waals surface area (Å²) in [7, 11) is 4.16. The molecule has 0 radical (unpaired) electrons. The van der Waals surface area contributed by atoms with E-state index in [2.05, 4.69) is 41.2 Å². The number of likely N-dealkylation sites (N-methyl/N-ethyl adjacent to an activating group) is 1. The summed E-state index contributed by atoms with van der Waals surface area (Å²) in [6.07, 6.45) is 5.29. The van der Waals surface area contributed by atoms with Gasteiger partial charge in [0.2, 0.25) is 0 Å². The SMILES string of the molecule is Cc1c(C(=O)NCC[NH+](C)C)sc2ncnc(N3CCCCC3C)c12. The second-order valence-corrected chi connectivity index (χ2v) is 8.18. The Morgan fingerprint density at radius 2 is 2.20 bits per heavy atom. The van der Waals surface area contributed by atoms with Gasteiger partial charge in [-0.2, -0.15) is 0 Å². The average Bonchev–Trinajstić information content (AvgIpc) is 2.92. The first kappa shape index (κ1) is 18.1. The van der Waals surface area contributed by atoms with Crippen LogP contribution >= 0.6 is 11.3 Å². The topological polar surface area (TPSA) is 62.6 Å². The molecular weight excluding hydrogens is 334 g/mol. The summed E-state index contributed by atoms with van der Waals surface area (Å²) in [5.74, 6) is 0.988. The van der Waals surface area contributed by atoms with E-state index in [-0.39, 0.29) is 5.91 Å². The summed E-state index contributed by atoms with van der Waals surface area (Å²) in [4.78, 5) is 27.0. The zero-order chi connectivity index (χ0) is 18.0. The Balaban J connectivity index is 1.91. The number of thiophene rings is 1. The second kappa shape index (κ2) is 7.66. The van der Waals surface area contributed by atoms with Gasteiger partial charge in [-0.25, -0.2) is 9.97 Å². The van der Waals surface area contributed by atoms with Crippen LogP contribution in [0.1, 0.15) is 41.4 Å². The van der Waals surface area contributed by atoms with Crippen LogP contribution in [0.2, 0.25) is 0 Å². The highest BCUT2D eigenvalue weighted by molar-refractivity contribution is 7.20. The summed E-state index contributed by atoms with van der Waals surface area (Å²) in [5, 5.41) is 4.07. The van der Waals surface area contributed by atoms with Crippen molar-refractivity contribution in [2.45, 2.75) is 39.2 Å². The number of nitrogens with zero attached hydrogens (tertiary/aromatic N) is 3. The highest BCUT2D eigenvalue weighted by Gasteiger charge is 2.25. The van der Waals surface area contributed by atoms with Crippen molar-refractivity contribution in [2.24, 2.45) is 0 Å². The van der Waals surface area contributed by atoms with E-state index in [1.807, 2.05) is 6.92 Å². The molecule has 0 aromatic carbocycles. The van der Waals surface area contributed by atoms with E-state index in [4.69, 9.17) is 0 Å². The van der Waals surface area contributed by atoms with E-state index in [1.54, 1.807) is 6.33 Å². The lowest BCUT2D eigenvalue weighted by Crippen LogP contribution is -3.06. The first-order valence-electron chi connectivity index (χ1n) is 9.07. The summed E-state index contributed by atoms with van der Waals surface area (Å²) in [6, 6.07) is 0.478. The predicted molar refractivity (Wildman–Crippen MR) is 103 cm³/mol. The van der Waals surface area contributed by atoms with Gasteiger partial charge in [0.15, 0.2) is 0 Å². The molecule has 1 amide bonds. The van der Waals surface area contributed by atoms with Gasteiger partial charge in [0, 0.05) is 12.6 Å². The molecule has 1 aliphatic heterocycles. The van der Waals surface area contributed by atoms with E-state index >= 15 is 0 Å². The normalized spacial score (nSPS) is 18.1. The molecule has 7 heteroatoms. The van der Waals surface area contributed by atoms with Crippen LogP contribution in [0, 0.1) is 6.92 Å². The number of quaternary nitrogens is 1. The Bertz CT molecular complexity index is 757. The number of carbonyl (C=O) groups is 1. The molecule has 2 aromatic heterocycles. The largest absolute Gasteiger partial charge is 0.353 e. The highest BCUT2D eigenvalue weighted by atomic mass is 32.1. The number of rotatable bonds is 5. The predicted octanol–water partition coefficient (Wildman–Crippen LogP) is 1.25. The molecule has 2 N–H and O–H groups in total. The van der Waals surface area contributed by atoms with Crippen LogP contribution in [-0.4, -0.2) is 55.6 Å². The van der Waals surface area contributed by atoms with E-state index in [0.717, 1.165) is 39.6 Å². The molecule has 1 aliphatic rings. The number of nitrogens with one attached hydrogen (secondary N) is 2. The number of aromatic nitrogens is 2. The molecule has 3 heterocycles. The molecule has 1 atom stereocenters. The lowest BCUT2D eigenvalue weighted by molar-refractivity contribution is -0.856. The van der Waals surface area contributed by atoms with Gasteiger partial charge in [-0.1, -0.05) is 0 Å². The molecule has 1 saturated heterocycles. The Labute approximate surface area is 153 Å². The van der Waals surface area contributed by atoms with Crippen LogP contribution in [0.25, 0.3) is 10.2 Å². The van der Waals surface area contributed by atoms with Gasteiger partial charge in [0.25, 0.3) is 5.91 Å². The third kappa shape index (κ3) is 3.77. The highest BCUT2D eigenvalue weighted by Crippen LogP contribution is 2.36. The lowest BCUT2D eigenvalue weighted by atomic mass is 10.0. The fourth-order valence-corrected chi connectivity index (χ4v) is 4.47. The van der Waals surface area contributed by atoms with Crippen molar-refractivity contribution in [3.8, 4) is 0 Å². The molecular formula is C18H28N5OS+. The fraction of sp³-hybridized carbons (Fsp3) is 0.611. The fourth-order valence-electron chi connectivity index (χ4n) is 3.41. The van der Waals surface area contributed by atoms with E-state index in [9.17, 15) is 4.79 Å².